The van der Waals surface area contributed by atoms with E-state index in [0.717, 1.165) is 193 Å². The number of piperidine rings is 4. The van der Waals surface area contributed by atoms with E-state index in [1.165, 1.54) is 289 Å². The van der Waals surface area contributed by atoms with Crippen LogP contribution in [0.1, 0.15) is 218 Å². The summed E-state index contributed by atoms with van der Waals surface area (Å²) in [6.07, 6.45) is 44.6. The maximum atomic E-state index is 10.5. The van der Waals surface area contributed by atoms with Crippen molar-refractivity contribution in [3.05, 3.63) is 0 Å². The molecule has 5 saturated carbocycles. The van der Waals surface area contributed by atoms with Gasteiger partial charge in [-0.1, -0.05) is 19.3 Å². The summed E-state index contributed by atoms with van der Waals surface area (Å²) in [5, 5.41) is 23.6. The molecule has 0 aromatic heterocycles. The minimum absolute atomic E-state index is 0.00231. The first-order valence-corrected chi connectivity index (χ1v) is 46.4. The van der Waals surface area contributed by atoms with Crippen LogP contribution in [0.2, 0.25) is 0 Å². The minimum atomic E-state index is -0.111. The quantitative estimate of drug-likeness (QED) is 0.112. The Hall–Kier alpha value is -0.980. The van der Waals surface area contributed by atoms with Gasteiger partial charge in [0.15, 0.2) is 11.6 Å². The van der Waals surface area contributed by atoms with Gasteiger partial charge in [-0.15, -0.1) is 0 Å². The van der Waals surface area contributed by atoms with E-state index in [0.29, 0.717) is 50.9 Å². The molecule has 0 radical (unpaired) electrons. The second-order valence-corrected chi connectivity index (χ2v) is 40.7. The molecule has 0 aromatic rings. The average molecular weight is 1570 g/mol. The van der Waals surface area contributed by atoms with Gasteiger partial charge >= 0.3 is 5.97 Å². The first-order valence-electron chi connectivity index (χ1n) is 45.2. The highest BCUT2D eigenvalue weighted by molar-refractivity contribution is 7.99. The molecule has 5 aliphatic carbocycles. The van der Waals surface area contributed by atoms with Crippen molar-refractivity contribution in [2.75, 3.05) is 255 Å². The molecule has 13 spiro atoms. The Bertz CT molecular complexity index is 2420. The number of hydrogen-bond donors (Lipinski definition) is 7. The van der Waals surface area contributed by atoms with Crippen LogP contribution in [0, 0.1) is 59.6 Å². The second-order valence-electron chi connectivity index (χ2n) is 39.6. The van der Waals surface area contributed by atoms with Gasteiger partial charge in [-0.2, -0.15) is 11.8 Å². The molecule has 1 unspecified atom stereocenters. The van der Waals surface area contributed by atoms with Crippen LogP contribution in [-0.4, -0.2) is 273 Å². The van der Waals surface area contributed by atoms with Crippen LogP contribution >= 0.6 is 11.8 Å². The molecule has 110 heavy (non-hydrogen) atoms. The van der Waals surface area contributed by atoms with Crippen LogP contribution in [0.25, 0.3) is 0 Å². The van der Waals surface area contributed by atoms with Crippen molar-refractivity contribution in [3.8, 4) is 0 Å². The number of carbonyl (C=O) groups is 1. The third-order valence-corrected chi connectivity index (χ3v) is 31.5. The molecule has 632 valence electrons. The van der Waals surface area contributed by atoms with Crippen LogP contribution in [0.4, 0.5) is 0 Å². The number of nitrogens with one attached hydrogen (secondary N) is 7. The summed E-state index contributed by atoms with van der Waals surface area (Å²) >= 11 is 2.13. The molecular weight excluding hydrogens is 1420 g/mol. The van der Waals surface area contributed by atoms with E-state index in [4.69, 9.17) is 66.3 Å². The maximum Gasteiger partial charge on any atom is 0.306 e. The number of hydrogen-bond acceptors (Lipinski definition) is 23. The molecule has 21 heterocycles. The number of carbonyl (C=O) groups excluding carboxylic acids is 1. The van der Waals surface area contributed by atoms with E-state index in [1.807, 2.05) is 0 Å². The van der Waals surface area contributed by atoms with Gasteiger partial charge in [0.1, 0.15) is 0 Å². The summed E-state index contributed by atoms with van der Waals surface area (Å²) in [6.45, 7) is 39.3. The maximum absolute atomic E-state index is 10.5. The Morgan fingerprint density at radius 1 is 0.227 bits per heavy atom. The molecule has 21 aliphatic heterocycles. The van der Waals surface area contributed by atoms with E-state index >= 15 is 0 Å². The van der Waals surface area contributed by atoms with Crippen molar-refractivity contribution in [1.29, 1.82) is 0 Å². The molecule has 26 fully saturated rings. The number of cyclic esters (lactones) is 1. The van der Waals surface area contributed by atoms with E-state index in [1.54, 1.807) is 0 Å². The fourth-order valence-corrected chi connectivity index (χ4v) is 21.5. The predicted molar refractivity (Wildman–Crippen MR) is 429 cm³/mol. The zero-order chi connectivity index (χ0) is 75.3. The van der Waals surface area contributed by atoms with Crippen molar-refractivity contribution in [3.63, 3.8) is 0 Å². The van der Waals surface area contributed by atoms with Crippen molar-refractivity contribution in [1.82, 2.24) is 37.2 Å². The Labute approximate surface area is 667 Å². The predicted octanol–water partition coefficient (Wildman–Crippen LogP) is 10.3. The van der Waals surface area contributed by atoms with Crippen molar-refractivity contribution in [2.45, 2.75) is 230 Å². The van der Waals surface area contributed by atoms with Crippen LogP contribution in [0.5, 0.6) is 0 Å². The first-order chi connectivity index (χ1) is 53.8. The Kier molecular flexibility index (Phi) is 31.4. The summed E-state index contributed by atoms with van der Waals surface area (Å²) in [4.78, 5) is 10.5. The fraction of sp³-hybridized carbons (Fsp3) is 0.989. The number of esters is 1. The Balaban J connectivity index is 0.0000000996. The van der Waals surface area contributed by atoms with Gasteiger partial charge in [-0.3, -0.25) is 4.79 Å². The molecule has 1 atom stereocenters. The number of rotatable bonds is 0. The first kappa shape index (κ1) is 85.4. The Morgan fingerprint density at radius 3 is 0.836 bits per heavy atom. The SMILES string of the molecule is C1CC12COC2.C1CC2(C1)OCCO2.C1CC2(CC2)CN1.C1CC2(CCN1)CCNCC2.C1CC2(CCN1)CCOC2.C1CC2(CCN1)COC2.C1CC2(CCO1)CCOC2.C1CC2(CCSC2)CN1.C1CCC2(CC1)COC2.C1COC2(C1)CCCO2.C1NCC12COC2.C1OCC12COC2.O=C1CC2(CC2)CO1. The lowest BCUT2D eigenvalue weighted by Gasteiger charge is -2.48. The molecule has 26 aliphatic rings. The number of ether oxygens (including phenoxy) is 14. The highest BCUT2D eigenvalue weighted by Gasteiger charge is 2.52. The normalized spacial score (nSPS) is 33.2. The lowest BCUT2D eigenvalue weighted by atomic mass is 9.72. The van der Waals surface area contributed by atoms with Crippen LogP contribution in [0.15, 0.2) is 0 Å². The molecule has 26 rings (SSSR count). The Morgan fingerprint density at radius 2 is 0.582 bits per heavy atom. The molecule has 0 amide bonds. The van der Waals surface area contributed by atoms with Gasteiger partial charge in [-0.25, -0.2) is 0 Å². The third kappa shape index (κ3) is 24.6. The standard InChI is InChI=1S/C9H18N2.C8H15NO.C8H14O2.C8H14O.C7H13NO.C7H13NS.C7H12O2.C6H11N.C6H8O2.C6H10O2.C5H9NO.C5H8O2.C5H8O/c1-5-10-6-2-9(1)3-7-11-8-4-9;2*1-4-9-5-2-8(1)3-6-10-7-8;1-2-4-8(5-3-1)6-9-7-8;1-3-8-4-2-7(1)5-9-6-7;1-3-8-5-7(1)2-4-9-6-7;1-3-7(8-5-1)4-2-6-9-7;1-2-6(1)3-4-7-5-6;7-5-3-6(1-2-6)4-8-5;1-2-6(3-1)7-4-5-8-6;2*1-5(2-6-1)3-7-4-5;1-2-5(1)3-6-4-5/h10-11H,1-8H2;9H,1-7H2;1-7H2;1-7H2;2*8H,1-6H2;1-6H2;7H,1-5H2;1-4H2;1-5H2;6H,1-4H2;1-4H2;1-4H2. The van der Waals surface area contributed by atoms with Gasteiger partial charge in [-0.05, 0) is 260 Å². The van der Waals surface area contributed by atoms with E-state index in [2.05, 4.69) is 49.0 Å². The number of thioether (sulfide) groups is 1. The van der Waals surface area contributed by atoms with Gasteiger partial charge in [0.25, 0.3) is 0 Å². The molecule has 22 nitrogen and oxygen atoms in total. The van der Waals surface area contributed by atoms with Crippen LogP contribution in [-0.2, 0) is 71.1 Å². The lowest BCUT2D eigenvalue weighted by molar-refractivity contribution is -0.244. The van der Waals surface area contributed by atoms with Crippen molar-refractivity contribution < 1.29 is 71.1 Å². The molecular formula is C87H153N7O15S. The van der Waals surface area contributed by atoms with Gasteiger partial charge in [0, 0.05) is 117 Å². The monoisotopic (exact) mass is 1570 g/mol. The van der Waals surface area contributed by atoms with Crippen LogP contribution < -0.4 is 37.2 Å². The topological polar surface area (TPSA) is 230 Å². The molecule has 0 aromatic carbocycles. The van der Waals surface area contributed by atoms with Gasteiger partial charge in [0.2, 0.25) is 0 Å². The largest absolute Gasteiger partial charge is 0.465 e. The minimum Gasteiger partial charge on any atom is -0.465 e. The van der Waals surface area contributed by atoms with Gasteiger partial charge in [0.05, 0.1) is 137 Å². The summed E-state index contributed by atoms with van der Waals surface area (Å²) in [5.74, 6) is 2.63. The van der Waals surface area contributed by atoms with Crippen LogP contribution in [0.3, 0.4) is 0 Å². The molecule has 21 saturated heterocycles. The summed E-state index contributed by atoms with van der Waals surface area (Å²) < 4.78 is 73.0. The average Bonchev–Trinajstić information content (AvgIpc) is 1.27. The van der Waals surface area contributed by atoms with E-state index < -0.39 is 0 Å². The highest BCUT2D eigenvalue weighted by Crippen LogP contribution is 2.54. The summed E-state index contributed by atoms with van der Waals surface area (Å²) in [7, 11) is 0. The van der Waals surface area contributed by atoms with Crippen molar-refractivity contribution >= 4 is 17.7 Å². The highest BCUT2D eigenvalue weighted by atomic mass is 32.2. The van der Waals surface area contributed by atoms with Gasteiger partial charge < -0.3 is 104 Å². The third-order valence-electron chi connectivity index (χ3n) is 30.2. The van der Waals surface area contributed by atoms with E-state index in [9.17, 15) is 4.79 Å². The zero-order valence-corrected chi connectivity index (χ0v) is 69.5. The summed E-state index contributed by atoms with van der Waals surface area (Å²) in [5.41, 5.74) is 6.92. The van der Waals surface area contributed by atoms with Crippen molar-refractivity contribution in [2.24, 2.45) is 59.6 Å². The smallest absolute Gasteiger partial charge is 0.306 e. The molecule has 0 bridgehead atoms. The second kappa shape index (κ2) is 40.4. The lowest BCUT2D eigenvalue weighted by Crippen LogP contribution is -2.64. The zero-order valence-electron chi connectivity index (χ0n) is 68.7. The van der Waals surface area contributed by atoms with E-state index in [-0.39, 0.29) is 17.5 Å². The fourth-order valence-electron chi connectivity index (χ4n) is 20.0. The summed E-state index contributed by atoms with van der Waals surface area (Å²) in [6, 6.07) is 0. The molecule has 7 N–H and O–H groups in total. The molecule has 23 heteroatoms.